The minimum absolute atomic E-state index is 0.164. The number of hydrogen-bond acceptors (Lipinski definition) is 5. The number of ether oxygens (including phenoxy) is 1. The van der Waals surface area contributed by atoms with Crippen LogP contribution in [0, 0.1) is 0 Å². The smallest absolute Gasteiger partial charge is 0.419 e. The first kappa shape index (κ1) is 26.8. The fourth-order valence-electron chi connectivity index (χ4n) is 3.64. The first-order valence-electron chi connectivity index (χ1n) is 11.7. The number of unbranched alkanes of at least 4 members (excludes halogenated alkanes) is 4. The van der Waals surface area contributed by atoms with Crippen molar-refractivity contribution in [2.45, 2.75) is 64.1 Å². The second kappa shape index (κ2) is 13.9. The third-order valence-electron chi connectivity index (χ3n) is 5.44. The fraction of sp³-hybridized carbons (Fsp3) is 0.652. The van der Waals surface area contributed by atoms with Crippen molar-refractivity contribution in [3.05, 3.63) is 29.8 Å². The molecule has 0 atom stereocenters. The summed E-state index contributed by atoms with van der Waals surface area (Å²) in [6.45, 7) is 4.44. The van der Waals surface area contributed by atoms with Gasteiger partial charge in [-0.15, -0.1) is 0 Å². The van der Waals surface area contributed by atoms with E-state index in [4.69, 9.17) is 10.5 Å². The summed E-state index contributed by atoms with van der Waals surface area (Å²) in [7, 11) is 0. The number of piperidine rings is 1. The minimum atomic E-state index is -4.47. The van der Waals surface area contributed by atoms with Crippen LogP contribution in [0.25, 0.3) is 0 Å². The van der Waals surface area contributed by atoms with Crippen molar-refractivity contribution in [1.82, 2.24) is 15.6 Å². The van der Waals surface area contributed by atoms with E-state index in [2.05, 4.69) is 22.8 Å². The van der Waals surface area contributed by atoms with Crippen molar-refractivity contribution in [2.75, 3.05) is 32.7 Å². The molecule has 0 bridgehead atoms. The van der Waals surface area contributed by atoms with E-state index in [1.54, 1.807) is 0 Å². The van der Waals surface area contributed by atoms with Gasteiger partial charge in [0.05, 0.1) is 5.56 Å². The number of rotatable bonds is 11. The monoisotopic (exact) mass is 471 g/mol. The van der Waals surface area contributed by atoms with Crippen LogP contribution in [0.1, 0.15) is 57.4 Å². The van der Waals surface area contributed by atoms with Crippen LogP contribution >= 0.6 is 0 Å². The molecule has 1 heterocycles. The number of para-hydroxylation sites is 1. The number of hydrogen-bond donors (Lipinski definition) is 3. The highest BCUT2D eigenvalue weighted by molar-refractivity contribution is 6.37. The van der Waals surface area contributed by atoms with Gasteiger partial charge in [0.2, 0.25) is 5.84 Å². The summed E-state index contributed by atoms with van der Waals surface area (Å²) < 4.78 is 45.4. The van der Waals surface area contributed by atoms with Crippen molar-refractivity contribution in [2.24, 2.45) is 10.8 Å². The Hall–Kier alpha value is -2.49. The normalized spacial score (nSPS) is 15.4. The predicted molar refractivity (Wildman–Crippen MR) is 123 cm³/mol. The summed E-state index contributed by atoms with van der Waals surface area (Å²) in [4.78, 5) is 14.6. The molecule has 33 heavy (non-hydrogen) atoms. The van der Waals surface area contributed by atoms with Gasteiger partial charge >= 0.3 is 6.18 Å². The van der Waals surface area contributed by atoms with Crippen LogP contribution in [-0.2, 0) is 11.0 Å². The molecule has 0 spiro atoms. The van der Waals surface area contributed by atoms with Crippen molar-refractivity contribution in [1.29, 1.82) is 0 Å². The lowest BCUT2D eigenvalue weighted by Crippen LogP contribution is -2.49. The van der Waals surface area contributed by atoms with Crippen LogP contribution in [0.2, 0.25) is 0 Å². The first-order chi connectivity index (χ1) is 15.9. The molecule has 1 aliphatic heterocycles. The third kappa shape index (κ3) is 9.11. The van der Waals surface area contributed by atoms with E-state index >= 15 is 0 Å². The quantitative estimate of drug-likeness (QED) is 0.199. The third-order valence-corrected chi connectivity index (χ3v) is 5.44. The molecule has 7 nitrogen and oxygen atoms in total. The van der Waals surface area contributed by atoms with Gasteiger partial charge in [-0.05, 0) is 18.6 Å². The minimum Gasteiger partial charge on any atom is -0.490 e. The largest absolute Gasteiger partial charge is 0.490 e. The van der Waals surface area contributed by atoms with Gasteiger partial charge < -0.3 is 26.1 Å². The number of benzene rings is 1. The number of hydrazone groups is 1. The molecule has 1 aromatic carbocycles. The highest BCUT2D eigenvalue weighted by Crippen LogP contribution is 2.36. The Labute approximate surface area is 193 Å². The number of halogens is 3. The number of nitrogens with one attached hydrogen (secondary N) is 2. The maximum Gasteiger partial charge on any atom is 0.419 e. The van der Waals surface area contributed by atoms with E-state index in [0.29, 0.717) is 45.6 Å². The van der Waals surface area contributed by atoms with Gasteiger partial charge in [0, 0.05) is 45.6 Å². The molecule has 1 amide bonds. The maximum atomic E-state index is 13.2. The average Bonchev–Trinajstić information content (AvgIpc) is 2.79. The molecular weight excluding hydrogens is 435 g/mol. The zero-order valence-corrected chi connectivity index (χ0v) is 19.3. The maximum absolute atomic E-state index is 13.2. The topological polar surface area (TPSA) is 92.0 Å². The van der Waals surface area contributed by atoms with E-state index < -0.39 is 11.7 Å². The summed E-state index contributed by atoms with van der Waals surface area (Å²) in [5.74, 6) is -0.161. The van der Waals surface area contributed by atoms with Gasteiger partial charge in [-0.1, -0.05) is 44.7 Å². The van der Waals surface area contributed by atoms with Crippen molar-refractivity contribution in [3.8, 4) is 5.75 Å². The van der Waals surface area contributed by atoms with E-state index in [1.165, 1.54) is 24.6 Å². The van der Waals surface area contributed by atoms with Crippen LogP contribution < -0.4 is 21.2 Å². The van der Waals surface area contributed by atoms with Gasteiger partial charge in [0.25, 0.3) is 5.91 Å². The lowest BCUT2D eigenvalue weighted by molar-refractivity contribution is -0.139. The van der Waals surface area contributed by atoms with Gasteiger partial charge in [0.15, 0.2) is 0 Å². The molecule has 0 unspecified atom stereocenters. The predicted octanol–water partition coefficient (Wildman–Crippen LogP) is 3.50. The Bertz CT molecular complexity index is 750. The molecule has 1 aliphatic rings. The molecule has 4 N–H and O–H groups in total. The average molecular weight is 472 g/mol. The Balaban J connectivity index is 1.92. The van der Waals surface area contributed by atoms with E-state index in [1.807, 2.05) is 4.90 Å². The van der Waals surface area contributed by atoms with Crippen molar-refractivity contribution >= 4 is 11.7 Å². The Kier molecular flexibility index (Phi) is 11.3. The number of likely N-dealkylation sites (tertiary alicyclic amines) is 1. The molecule has 186 valence electrons. The van der Waals surface area contributed by atoms with Crippen LogP contribution in [0.15, 0.2) is 29.4 Å². The number of amidine groups is 1. The molecule has 1 aromatic rings. The van der Waals surface area contributed by atoms with Crippen molar-refractivity contribution < 1.29 is 22.7 Å². The molecular formula is C23H36F3N5O2. The van der Waals surface area contributed by atoms with Crippen LogP contribution in [0.5, 0.6) is 5.75 Å². The summed E-state index contributed by atoms with van der Waals surface area (Å²) in [6.07, 6.45) is 1.59. The highest BCUT2D eigenvalue weighted by atomic mass is 19.4. The Morgan fingerprint density at radius 1 is 1.15 bits per heavy atom. The van der Waals surface area contributed by atoms with E-state index in [-0.39, 0.29) is 23.6 Å². The standard InChI is InChI=1S/C23H36F3N5O2/c1-2-3-4-5-8-14-28-22(32)21(30-29-15-13-27)31-16-11-18(12-17-31)33-20-10-7-6-9-19(20)23(24,25)26/h6-7,9-10,18,29H,2-5,8,11-17,27H2,1H3,(H,28,32)/b30-21+. The number of alkyl halides is 3. The van der Waals surface area contributed by atoms with Gasteiger partial charge in [-0.2, -0.15) is 18.3 Å². The number of amides is 1. The summed E-state index contributed by atoms with van der Waals surface area (Å²) in [5.41, 5.74) is 7.53. The fourth-order valence-corrected chi connectivity index (χ4v) is 3.64. The first-order valence-corrected chi connectivity index (χ1v) is 11.7. The number of carbonyl (C=O) groups is 1. The van der Waals surface area contributed by atoms with Gasteiger partial charge in [-0.25, -0.2) is 0 Å². The molecule has 1 fully saturated rings. The van der Waals surface area contributed by atoms with E-state index in [0.717, 1.165) is 31.7 Å². The molecule has 10 heteroatoms. The van der Waals surface area contributed by atoms with E-state index in [9.17, 15) is 18.0 Å². The van der Waals surface area contributed by atoms with Crippen LogP contribution in [-0.4, -0.2) is 55.5 Å². The zero-order valence-electron chi connectivity index (χ0n) is 19.3. The molecule has 0 aromatic heterocycles. The lowest BCUT2D eigenvalue weighted by atomic mass is 10.1. The number of carbonyl (C=O) groups excluding carboxylic acids is 1. The van der Waals surface area contributed by atoms with Gasteiger partial charge in [0.1, 0.15) is 11.9 Å². The number of nitrogens with two attached hydrogens (primary N) is 1. The number of nitrogens with zero attached hydrogens (tertiary/aromatic N) is 2. The molecule has 1 saturated heterocycles. The second-order valence-electron chi connectivity index (χ2n) is 8.10. The molecule has 0 saturated carbocycles. The van der Waals surface area contributed by atoms with Gasteiger partial charge in [-0.3, -0.25) is 4.79 Å². The molecule has 0 radical (unpaired) electrons. The lowest BCUT2D eigenvalue weighted by Gasteiger charge is -2.34. The Morgan fingerprint density at radius 3 is 2.52 bits per heavy atom. The van der Waals surface area contributed by atoms with Crippen LogP contribution in [0.3, 0.4) is 0 Å². The summed E-state index contributed by atoms with van der Waals surface area (Å²) in [6, 6.07) is 5.23. The molecule has 0 aliphatic carbocycles. The van der Waals surface area contributed by atoms with Crippen molar-refractivity contribution in [3.63, 3.8) is 0 Å². The SMILES string of the molecule is CCCCCCCNC(=O)/C(=N\NCCN)N1CCC(Oc2ccccc2C(F)(F)F)CC1. The highest BCUT2D eigenvalue weighted by Gasteiger charge is 2.35. The second-order valence-corrected chi connectivity index (χ2v) is 8.10. The summed E-state index contributed by atoms with van der Waals surface area (Å²) in [5, 5.41) is 7.15. The van der Waals surface area contributed by atoms with Crippen LogP contribution in [0.4, 0.5) is 13.2 Å². The summed E-state index contributed by atoms with van der Waals surface area (Å²) >= 11 is 0. The Morgan fingerprint density at radius 2 is 1.85 bits per heavy atom. The molecule has 2 rings (SSSR count). The zero-order chi connectivity index (χ0) is 24.1.